The highest BCUT2D eigenvalue weighted by Gasteiger charge is 2.15. The molecule has 2 N–H and O–H groups in total. The first kappa shape index (κ1) is 16.5. The summed E-state index contributed by atoms with van der Waals surface area (Å²) >= 11 is 1.68. The van der Waals surface area contributed by atoms with E-state index in [0.29, 0.717) is 12.2 Å². The van der Waals surface area contributed by atoms with Crippen LogP contribution < -0.4 is 10.0 Å². The van der Waals surface area contributed by atoms with Gasteiger partial charge < -0.3 is 4.90 Å². The van der Waals surface area contributed by atoms with Gasteiger partial charge in [0.1, 0.15) is 6.07 Å². The lowest BCUT2D eigenvalue weighted by molar-refractivity contribution is 0.598. The van der Waals surface area contributed by atoms with Crippen LogP contribution in [0.5, 0.6) is 0 Å². The lowest BCUT2D eigenvalue weighted by atomic mass is 10.1. The van der Waals surface area contributed by atoms with E-state index in [1.54, 1.807) is 17.4 Å². The van der Waals surface area contributed by atoms with Gasteiger partial charge in [-0.3, -0.25) is 0 Å². The molecule has 2 aromatic carbocycles. The summed E-state index contributed by atoms with van der Waals surface area (Å²) in [5.41, 5.74) is 2.11. The maximum atomic E-state index is 11.4. The molecular weight excluding hydrogens is 342 g/mol. The van der Waals surface area contributed by atoms with Crippen molar-refractivity contribution >= 4 is 37.1 Å². The Kier molecular flexibility index (Phi) is 4.28. The van der Waals surface area contributed by atoms with Gasteiger partial charge in [0.2, 0.25) is 10.0 Å². The zero-order chi connectivity index (χ0) is 17.3. The molecule has 3 aromatic rings. The van der Waals surface area contributed by atoms with Crippen LogP contribution in [0.2, 0.25) is 0 Å². The molecule has 1 aromatic heterocycles. The Morgan fingerprint density at radius 2 is 2.00 bits per heavy atom. The molecule has 0 unspecified atom stereocenters. The van der Waals surface area contributed by atoms with E-state index in [-0.39, 0.29) is 10.5 Å². The van der Waals surface area contributed by atoms with E-state index in [0.717, 1.165) is 5.56 Å². The van der Waals surface area contributed by atoms with Gasteiger partial charge >= 0.3 is 0 Å². The van der Waals surface area contributed by atoms with Crippen molar-refractivity contribution in [2.24, 2.45) is 5.14 Å². The van der Waals surface area contributed by atoms with Gasteiger partial charge in [0.05, 0.1) is 16.1 Å². The number of nitriles is 1. The second-order valence-corrected chi connectivity index (χ2v) is 7.92. The highest BCUT2D eigenvalue weighted by atomic mass is 32.2. The Labute approximate surface area is 144 Å². The van der Waals surface area contributed by atoms with E-state index < -0.39 is 10.0 Å². The van der Waals surface area contributed by atoms with Gasteiger partial charge in [0.25, 0.3) is 0 Å². The molecule has 0 saturated carbocycles. The minimum absolute atomic E-state index is 0.0582. The molecule has 0 fully saturated rings. The number of thiophene rings is 1. The maximum Gasteiger partial charge on any atom is 0.238 e. The monoisotopic (exact) mass is 357 g/mol. The Morgan fingerprint density at radius 1 is 1.25 bits per heavy atom. The summed E-state index contributed by atoms with van der Waals surface area (Å²) < 4.78 is 24.1. The van der Waals surface area contributed by atoms with Crippen molar-refractivity contribution < 1.29 is 8.42 Å². The van der Waals surface area contributed by atoms with Gasteiger partial charge in [-0.1, -0.05) is 18.2 Å². The van der Waals surface area contributed by atoms with Crippen LogP contribution >= 0.6 is 11.3 Å². The number of rotatable bonds is 4. The molecule has 0 atom stereocenters. The minimum atomic E-state index is -3.82. The van der Waals surface area contributed by atoms with E-state index in [4.69, 9.17) is 5.14 Å². The summed E-state index contributed by atoms with van der Waals surface area (Å²) in [7, 11) is -1.95. The standard InChI is InChI=1S/C17H15N3O2S2/c1-20(10-13-11-23-17-5-3-2-4-15(13)17)16-7-6-14(24(19,21)22)8-12(16)9-18/h2-8,11H,10H2,1H3,(H2,19,21,22). The number of primary sulfonamides is 1. The first-order chi connectivity index (χ1) is 11.4. The second-order valence-electron chi connectivity index (χ2n) is 5.45. The SMILES string of the molecule is CN(Cc1csc2ccccc12)c1ccc(S(N)(=O)=O)cc1C#N. The van der Waals surface area contributed by atoms with Gasteiger partial charge in [-0.2, -0.15) is 5.26 Å². The van der Waals surface area contributed by atoms with Crippen LogP contribution in [0.25, 0.3) is 10.1 Å². The highest BCUT2D eigenvalue weighted by Crippen LogP contribution is 2.29. The molecule has 0 aliphatic rings. The fraction of sp³-hybridized carbons (Fsp3) is 0.118. The molecule has 1 heterocycles. The zero-order valence-corrected chi connectivity index (χ0v) is 14.6. The van der Waals surface area contributed by atoms with E-state index in [1.807, 2.05) is 30.1 Å². The number of anilines is 1. The van der Waals surface area contributed by atoms with Crippen molar-refractivity contribution in [1.82, 2.24) is 0 Å². The predicted molar refractivity (Wildman–Crippen MR) is 96.5 cm³/mol. The van der Waals surface area contributed by atoms with Crippen molar-refractivity contribution in [3.8, 4) is 6.07 Å². The Morgan fingerprint density at radius 3 is 2.71 bits per heavy atom. The first-order valence-electron chi connectivity index (χ1n) is 7.13. The molecule has 0 spiro atoms. The third kappa shape index (κ3) is 3.12. The molecule has 0 amide bonds. The first-order valence-corrected chi connectivity index (χ1v) is 9.56. The third-order valence-corrected chi connectivity index (χ3v) is 5.72. The van der Waals surface area contributed by atoms with Crippen molar-refractivity contribution in [3.05, 3.63) is 59.0 Å². The van der Waals surface area contributed by atoms with Crippen molar-refractivity contribution in [1.29, 1.82) is 5.26 Å². The number of nitrogens with two attached hydrogens (primary N) is 1. The largest absolute Gasteiger partial charge is 0.369 e. The fourth-order valence-electron chi connectivity index (χ4n) is 2.61. The Balaban J connectivity index is 1.95. The summed E-state index contributed by atoms with van der Waals surface area (Å²) in [6, 6.07) is 14.6. The number of hydrogen-bond acceptors (Lipinski definition) is 5. The smallest absolute Gasteiger partial charge is 0.238 e. The van der Waals surface area contributed by atoms with Crippen LogP contribution in [-0.4, -0.2) is 15.5 Å². The third-order valence-electron chi connectivity index (χ3n) is 3.80. The zero-order valence-electron chi connectivity index (χ0n) is 12.9. The number of nitrogens with zero attached hydrogens (tertiary/aromatic N) is 2. The van der Waals surface area contributed by atoms with Crippen LogP contribution in [0.15, 0.2) is 52.7 Å². The van der Waals surface area contributed by atoms with Gasteiger partial charge in [-0.15, -0.1) is 11.3 Å². The molecule has 7 heteroatoms. The van der Waals surface area contributed by atoms with Crippen LogP contribution in [0.1, 0.15) is 11.1 Å². The molecular formula is C17H15N3O2S2. The van der Waals surface area contributed by atoms with E-state index in [2.05, 4.69) is 17.5 Å². The van der Waals surface area contributed by atoms with Crippen molar-refractivity contribution in [3.63, 3.8) is 0 Å². The van der Waals surface area contributed by atoms with Crippen LogP contribution in [0.4, 0.5) is 5.69 Å². The molecule has 0 aliphatic carbocycles. The second kappa shape index (κ2) is 6.24. The molecule has 0 saturated heterocycles. The van der Waals surface area contributed by atoms with E-state index >= 15 is 0 Å². The topological polar surface area (TPSA) is 87.2 Å². The lowest BCUT2D eigenvalue weighted by Gasteiger charge is -2.20. The molecule has 122 valence electrons. The fourth-order valence-corrected chi connectivity index (χ4v) is 4.10. The number of sulfonamides is 1. The summed E-state index contributed by atoms with van der Waals surface area (Å²) in [5, 5.41) is 17.8. The molecule has 0 aliphatic heterocycles. The summed E-state index contributed by atoms with van der Waals surface area (Å²) in [6.07, 6.45) is 0. The molecule has 0 radical (unpaired) electrons. The van der Waals surface area contributed by atoms with Gasteiger partial charge in [-0.05, 0) is 40.6 Å². The molecule has 5 nitrogen and oxygen atoms in total. The Bertz CT molecular complexity index is 1050. The number of fused-ring (bicyclic) bond motifs is 1. The minimum Gasteiger partial charge on any atom is -0.369 e. The average Bonchev–Trinajstić information content (AvgIpc) is 2.96. The van der Waals surface area contributed by atoms with Crippen molar-refractivity contribution in [2.45, 2.75) is 11.4 Å². The summed E-state index contributed by atoms with van der Waals surface area (Å²) in [6.45, 7) is 0.618. The van der Waals surface area contributed by atoms with Crippen molar-refractivity contribution in [2.75, 3.05) is 11.9 Å². The molecule has 3 rings (SSSR count). The van der Waals surface area contributed by atoms with Crippen LogP contribution in [0.3, 0.4) is 0 Å². The number of benzene rings is 2. The highest BCUT2D eigenvalue weighted by molar-refractivity contribution is 7.89. The molecule has 24 heavy (non-hydrogen) atoms. The van der Waals surface area contributed by atoms with E-state index in [9.17, 15) is 13.7 Å². The van der Waals surface area contributed by atoms with E-state index in [1.165, 1.54) is 22.2 Å². The maximum absolute atomic E-state index is 11.4. The van der Waals surface area contributed by atoms with Crippen LogP contribution in [0, 0.1) is 11.3 Å². The quantitative estimate of drug-likeness (QED) is 0.777. The normalized spacial score (nSPS) is 11.4. The average molecular weight is 357 g/mol. The Hall–Kier alpha value is -2.40. The van der Waals surface area contributed by atoms with Gasteiger partial charge in [-0.25, -0.2) is 13.6 Å². The predicted octanol–water partition coefficient (Wildman–Crippen LogP) is 3.06. The lowest BCUT2D eigenvalue weighted by Crippen LogP contribution is -2.18. The van der Waals surface area contributed by atoms with Gasteiger partial charge in [0, 0.05) is 18.3 Å². The number of hydrogen-bond donors (Lipinski definition) is 1. The summed E-state index contributed by atoms with van der Waals surface area (Å²) in [5.74, 6) is 0. The molecule has 0 bridgehead atoms. The summed E-state index contributed by atoms with van der Waals surface area (Å²) in [4.78, 5) is 1.87. The van der Waals surface area contributed by atoms with Crippen LogP contribution in [-0.2, 0) is 16.6 Å². The van der Waals surface area contributed by atoms with Gasteiger partial charge in [0.15, 0.2) is 0 Å².